The van der Waals surface area contributed by atoms with Crippen molar-refractivity contribution in [2.75, 3.05) is 52.0 Å². The van der Waals surface area contributed by atoms with Crippen molar-refractivity contribution in [3.63, 3.8) is 0 Å². The number of likely N-dealkylation sites (tertiary alicyclic amines) is 1. The molecule has 158 valence electrons. The second-order valence-corrected chi connectivity index (χ2v) is 7.49. The van der Waals surface area contributed by atoms with Gasteiger partial charge in [-0.1, -0.05) is 0 Å². The molecule has 1 spiro atoms. The van der Waals surface area contributed by atoms with E-state index in [1.54, 1.807) is 36.2 Å². The Hall–Kier alpha value is -2.52. The lowest BCUT2D eigenvalue weighted by Gasteiger charge is -2.37. The number of methoxy groups -OCH3 is 2. The van der Waals surface area contributed by atoms with Crippen LogP contribution in [-0.2, 0) is 14.3 Å². The second kappa shape index (κ2) is 8.08. The summed E-state index contributed by atoms with van der Waals surface area (Å²) in [5.41, 5.74) is 0.722. The lowest BCUT2D eigenvalue weighted by molar-refractivity contribution is -0.181. The Kier molecular flexibility index (Phi) is 5.51. The molecule has 0 aliphatic carbocycles. The third kappa shape index (κ3) is 3.97. The summed E-state index contributed by atoms with van der Waals surface area (Å²) in [6.07, 6.45) is 1.60. The van der Waals surface area contributed by atoms with E-state index in [2.05, 4.69) is 5.32 Å². The van der Waals surface area contributed by atoms with E-state index >= 15 is 0 Å². The standard InChI is InChI=1S/C20H27N3O6/c1-26-16-4-3-15(12-17(16)27-2)23-13-14(11-18(23)24)21-19(25)22-7-5-20(6-8-22)28-9-10-29-20/h3-4,12,14H,5-11,13H2,1-2H3,(H,21,25). The number of hydrogen-bond acceptors (Lipinski definition) is 6. The first-order chi connectivity index (χ1) is 14.0. The predicted molar refractivity (Wildman–Crippen MR) is 104 cm³/mol. The molecule has 1 unspecified atom stereocenters. The summed E-state index contributed by atoms with van der Waals surface area (Å²) in [7, 11) is 3.12. The number of benzene rings is 1. The molecule has 1 aromatic carbocycles. The van der Waals surface area contributed by atoms with Crippen LogP contribution in [-0.4, -0.2) is 75.7 Å². The van der Waals surface area contributed by atoms with E-state index in [1.807, 2.05) is 6.07 Å². The molecule has 1 atom stereocenters. The Bertz CT molecular complexity index is 769. The molecule has 1 aromatic rings. The average molecular weight is 405 g/mol. The SMILES string of the molecule is COc1ccc(N2CC(NC(=O)N3CCC4(CC3)OCCO4)CC2=O)cc1OC. The molecule has 0 aromatic heterocycles. The van der Waals surface area contributed by atoms with Gasteiger partial charge >= 0.3 is 6.03 Å². The molecule has 3 saturated heterocycles. The summed E-state index contributed by atoms with van der Waals surface area (Å²) in [5.74, 6) is 0.618. The van der Waals surface area contributed by atoms with Crippen molar-refractivity contribution in [3.05, 3.63) is 18.2 Å². The van der Waals surface area contributed by atoms with Crippen LogP contribution in [0.25, 0.3) is 0 Å². The van der Waals surface area contributed by atoms with Crippen LogP contribution >= 0.6 is 0 Å². The zero-order valence-corrected chi connectivity index (χ0v) is 16.8. The van der Waals surface area contributed by atoms with Gasteiger partial charge in [0.2, 0.25) is 5.91 Å². The molecule has 9 nitrogen and oxygen atoms in total. The normalized spacial score (nSPS) is 23.5. The number of urea groups is 1. The number of carbonyl (C=O) groups is 2. The number of piperidine rings is 1. The maximum atomic E-state index is 12.7. The highest BCUT2D eigenvalue weighted by Gasteiger charge is 2.41. The number of carbonyl (C=O) groups excluding carboxylic acids is 2. The molecule has 0 radical (unpaired) electrons. The van der Waals surface area contributed by atoms with Gasteiger partial charge in [-0.25, -0.2) is 4.79 Å². The van der Waals surface area contributed by atoms with Crippen LogP contribution in [0.1, 0.15) is 19.3 Å². The van der Waals surface area contributed by atoms with Gasteiger partial charge in [-0.3, -0.25) is 4.79 Å². The fourth-order valence-electron chi connectivity index (χ4n) is 4.15. The zero-order chi connectivity index (χ0) is 20.4. The highest BCUT2D eigenvalue weighted by molar-refractivity contribution is 5.97. The Labute approximate surface area is 169 Å². The molecule has 3 aliphatic rings. The molecule has 29 heavy (non-hydrogen) atoms. The van der Waals surface area contributed by atoms with Crippen molar-refractivity contribution in [2.24, 2.45) is 0 Å². The van der Waals surface area contributed by atoms with E-state index < -0.39 is 5.79 Å². The lowest BCUT2D eigenvalue weighted by Crippen LogP contribution is -2.52. The maximum Gasteiger partial charge on any atom is 0.317 e. The summed E-state index contributed by atoms with van der Waals surface area (Å²) in [6, 6.07) is 4.97. The fourth-order valence-corrected chi connectivity index (χ4v) is 4.15. The Morgan fingerprint density at radius 3 is 2.48 bits per heavy atom. The van der Waals surface area contributed by atoms with Crippen LogP contribution in [0.2, 0.25) is 0 Å². The Morgan fingerprint density at radius 2 is 1.83 bits per heavy atom. The topological polar surface area (TPSA) is 89.6 Å². The maximum absolute atomic E-state index is 12.7. The minimum absolute atomic E-state index is 0.0344. The van der Waals surface area contributed by atoms with E-state index in [4.69, 9.17) is 18.9 Å². The summed E-state index contributed by atoms with van der Waals surface area (Å²) in [6.45, 7) is 2.80. The second-order valence-electron chi connectivity index (χ2n) is 7.49. The van der Waals surface area contributed by atoms with E-state index in [0.29, 0.717) is 57.2 Å². The van der Waals surface area contributed by atoms with Gasteiger partial charge in [0.15, 0.2) is 17.3 Å². The van der Waals surface area contributed by atoms with Crippen LogP contribution in [0.5, 0.6) is 11.5 Å². The third-order valence-electron chi connectivity index (χ3n) is 5.76. The summed E-state index contributed by atoms with van der Waals surface area (Å²) < 4.78 is 22.0. The van der Waals surface area contributed by atoms with Crippen molar-refractivity contribution in [2.45, 2.75) is 31.1 Å². The lowest BCUT2D eigenvalue weighted by atomic mass is 10.0. The minimum atomic E-state index is -0.510. The van der Waals surface area contributed by atoms with Gasteiger partial charge in [-0.05, 0) is 12.1 Å². The fraction of sp³-hybridized carbons (Fsp3) is 0.600. The minimum Gasteiger partial charge on any atom is -0.493 e. The van der Waals surface area contributed by atoms with Gasteiger partial charge in [0.05, 0.1) is 33.5 Å². The number of rotatable bonds is 4. The smallest absolute Gasteiger partial charge is 0.317 e. The van der Waals surface area contributed by atoms with Crippen LogP contribution in [0, 0.1) is 0 Å². The number of ether oxygens (including phenoxy) is 4. The van der Waals surface area contributed by atoms with Gasteiger partial charge in [-0.2, -0.15) is 0 Å². The predicted octanol–water partition coefficient (Wildman–Crippen LogP) is 1.36. The molecule has 3 amide bonds. The van der Waals surface area contributed by atoms with Gasteiger partial charge < -0.3 is 34.1 Å². The summed E-state index contributed by atoms with van der Waals surface area (Å²) in [5, 5.41) is 3.00. The number of hydrogen-bond donors (Lipinski definition) is 1. The molecular weight excluding hydrogens is 378 g/mol. The van der Waals surface area contributed by atoms with Crippen molar-refractivity contribution < 1.29 is 28.5 Å². The molecule has 3 fully saturated rings. The monoisotopic (exact) mass is 405 g/mol. The van der Waals surface area contributed by atoms with Crippen molar-refractivity contribution in [1.29, 1.82) is 0 Å². The largest absolute Gasteiger partial charge is 0.493 e. The average Bonchev–Trinajstić information content (AvgIpc) is 3.34. The number of anilines is 1. The quantitative estimate of drug-likeness (QED) is 0.814. The zero-order valence-electron chi connectivity index (χ0n) is 16.8. The molecule has 3 heterocycles. The van der Waals surface area contributed by atoms with Crippen molar-refractivity contribution >= 4 is 17.6 Å². The van der Waals surface area contributed by atoms with Gasteiger partial charge in [0.1, 0.15) is 0 Å². The molecule has 9 heteroatoms. The van der Waals surface area contributed by atoms with Gasteiger partial charge in [0, 0.05) is 50.7 Å². The summed E-state index contributed by atoms with van der Waals surface area (Å²) >= 11 is 0. The summed E-state index contributed by atoms with van der Waals surface area (Å²) in [4.78, 5) is 28.6. The first-order valence-corrected chi connectivity index (χ1v) is 9.89. The highest BCUT2D eigenvalue weighted by Crippen LogP contribution is 2.34. The van der Waals surface area contributed by atoms with E-state index in [9.17, 15) is 9.59 Å². The first-order valence-electron chi connectivity index (χ1n) is 9.89. The first kappa shape index (κ1) is 19.8. The molecule has 4 rings (SSSR count). The van der Waals surface area contributed by atoms with E-state index in [1.165, 1.54) is 0 Å². The van der Waals surface area contributed by atoms with Crippen LogP contribution < -0.4 is 19.7 Å². The Morgan fingerprint density at radius 1 is 1.14 bits per heavy atom. The molecule has 1 N–H and O–H groups in total. The third-order valence-corrected chi connectivity index (χ3v) is 5.76. The van der Waals surface area contributed by atoms with Crippen LogP contribution in [0.3, 0.4) is 0 Å². The Balaban J connectivity index is 1.34. The van der Waals surface area contributed by atoms with Crippen LogP contribution in [0.4, 0.5) is 10.5 Å². The highest BCUT2D eigenvalue weighted by atomic mass is 16.7. The number of amides is 3. The molecule has 0 bridgehead atoms. The van der Waals surface area contributed by atoms with Gasteiger partial charge in [0.25, 0.3) is 0 Å². The van der Waals surface area contributed by atoms with E-state index in [-0.39, 0.29) is 24.4 Å². The van der Waals surface area contributed by atoms with Crippen molar-refractivity contribution in [1.82, 2.24) is 10.2 Å². The number of nitrogens with one attached hydrogen (secondary N) is 1. The molecular formula is C20H27N3O6. The molecule has 3 aliphatic heterocycles. The number of nitrogens with zero attached hydrogens (tertiary/aromatic N) is 2. The molecule has 0 saturated carbocycles. The van der Waals surface area contributed by atoms with Crippen LogP contribution in [0.15, 0.2) is 18.2 Å². The van der Waals surface area contributed by atoms with Gasteiger partial charge in [-0.15, -0.1) is 0 Å². The van der Waals surface area contributed by atoms with Crippen molar-refractivity contribution in [3.8, 4) is 11.5 Å². The van der Waals surface area contributed by atoms with E-state index in [0.717, 1.165) is 5.69 Å².